The van der Waals surface area contributed by atoms with Crippen molar-refractivity contribution >= 4 is 17.3 Å². The Labute approximate surface area is 116 Å². The van der Waals surface area contributed by atoms with Crippen molar-refractivity contribution in [2.24, 2.45) is 0 Å². The molecule has 0 amide bonds. The molecule has 0 aliphatic heterocycles. The van der Waals surface area contributed by atoms with Gasteiger partial charge in [-0.05, 0) is 36.4 Å². The van der Waals surface area contributed by atoms with Gasteiger partial charge in [-0.3, -0.25) is 0 Å². The first-order chi connectivity index (χ1) is 9.13. The molecule has 0 bridgehead atoms. The van der Waals surface area contributed by atoms with Gasteiger partial charge in [0.15, 0.2) is 5.82 Å². The summed E-state index contributed by atoms with van der Waals surface area (Å²) in [7, 11) is 0. The van der Waals surface area contributed by atoms with Crippen LogP contribution >= 0.6 is 11.6 Å². The molecule has 0 aliphatic carbocycles. The van der Waals surface area contributed by atoms with E-state index in [4.69, 9.17) is 22.1 Å². The number of ether oxygens (including phenoxy) is 1. The molecule has 2 rings (SSSR count). The van der Waals surface area contributed by atoms with Crippen LogP contribution in [0.25, 0.3) is 11.4 Å². The normalized spacial score (nSPS) is 12.6. The zero-order valence-electron chi connectivity index (χ0n) is 10.9. The summed E-state index contributed by atoms with van der Waals surface area (Å²) in [6.07, 6.45) is 0.0204. The van der Waals surface area contributed by atoms with Gasteiger partial charge in [-0.2, -0.15) is 0 Å². The average molecular weight is 282 g/mol. The molecule has 0 saturated heterocycles. The fourth-order valence-corrected chi connectivity index (χ4v) is 2.03. The van der Waals surface area contributed by atoms with Gasteiger partial charge in [0.1, 0.15) is 0 Å². The van der Waals surface area contributed by atoms with Crippen LogP contribution in [0.4, 0.5) is 5.69 Å². The average Bonchev–Trinajstić information content (AvgIpc) is 2.81. The second-order valence-corrected chi connectivity index (χ2v) is 4.54. The van der Waals surface area contributed by atoms with E-state index in [0.29, 0.717) is 29.7 Å². The van der Waals surface area contributed by atoms with Gasteiger partial charge in [0.05, 0.1) is 23.4 Å². The summed E-state index contributed by atoms with van der Waals surface area (Å²) in [5, 5.41) is 12.1. The number of anilines is 1. The van der Waals surface area contributed by atoms with Crippen LogP contribution in [0.3, 0.4) is 0 Å². The van der Waals surface area contributed by atoms with Gasteiger partial charge in [-0.15, -0.1) is 5.10 Å². The topological polar surface area (TPSA) is 78.8 Å². The standard InChI is InChI=1S/C12H16ClN5O/c1-3-19-8(2)7-18-12(15-16-17-18)9-5-4-6-10(14)11(9)13/h4-6,8H,3,7,14H2,1-2H3. The maximum Gasteiger partial charge on any atom is 0.183 e. The van der Waals surface area contributed by atoms with E-state index in [1.54, 1.807) is 10.7 Å². The third-order valence-corrected chi connectivity index (χ3v) is 3.10. The molecule has 102 valence electrons. The van der Waals surface area contributed by atoms with Crippen molar-refractivity contribution in [3.8, 4) is 11.4 Å². The first-order valence-electron chi connectivity index (χ1n) is 6.05. The summed E-state index contributed by atoms with van der Waals surface area (Å²) in [5.41, 5.74) is 7.02. The van der Waals surface area contributed by atoms with Gasteiger partial charge < -0.3 is 10.5 Å². The molecule has 1 atom stereocenters. The maximum atomic E-state index is 6.19. The highest BCUT2D eigenvalue weighted by Gasteiger charge is 2.15. The number of hydrogen-bond donors (Lipinski definition) is 1. The van der Waals surface area contributed by atoms with Crippen molar-refractivity contribution in [2.75, 3.05) is 12.3 Å². The second kappa shape index (κ2) is 5.99. The van der Waals surface area contributed by atoms with E-state index in [1.165, 1.54) is 0 Å². The first kappa shape index (κ1) is 13.8. The van der Waals surface area contributed by atoms with E-state index in [0.717, 1.165) is 5.56 Å². The molecule has 2 N–H and O–H groups in total. The lowest BCUT2D eigenvalue weighted by Gasteiger charge is -2.13. The third-order valence-electron chi connectivity index (χ3n) is 2.68. The van der Waals surface area contributed by atoms with Gasteiger partial charge >= 0.3 is 0 Å². The van der Waals surface area contributed by atoms with Crippen LogP contribution in [0.5, 0.6) is 0 Å². The highest BCUT2D eigenvalue weighted by molar-refractivity contribution is 6.35. The highest BCUT2D eigenvalue weighted by atomic mass is 35.5. The predicted octanol–water partition coefficient (Wildman–Crippen LogP) is 2.00. The van der Waals surface area contributed by atoms with Crippen LogP contribution in [0.1, 0.15) is 13.8 Å². The Morgan fingerprint density at radius 2 is 2.26 bits per heavy atom. The highest BCUT2D eigenvalue weighted by Crippen LogP contribution is 2.30. The van der Waals surface area contributed by atoms with Gasteiger partial charge in [0.2, 0.25) is 0 Å². The fourth-order valence-electron chi connectivity index (χ4n) is 1.82. The monoisotopic (exact) mass is 281 g/mol. The minimum absolute atomic E-state index is 0.0204. The quantitative estimate of drug-likeness (QED) is 0.848. The Bertz CT molecular complexity index is 557. The summed E-state index contributed by atoms with van der Waals surface area (Å²) in [6, 6.07) is 5.40. The smallest absolute Gasteiger partial charge is 0.183 e. The molecule has 0 fully saturated rings. The van der Waals surface area contributed by atoms with Crippen LogP contribution in [0, 0.1) is 0 Å². The number of tetrazole rings is 1. The lowest BCUT2D eigenvalue weighted by molar-refractivity contribution is 0.0614. The molecular weight excluding hydrogens is 266 g/mol. The van der Waals surface area contributed by atoms with Crippen LogP contribution in [-0.2, 0) is 11.3 Å². The molecule has 1 aromatic heterocycles. The van der Waals surface area contributed by atoms with E-state index in [1.807, 2.05) is 26.0 Å². The SMILES string of the molecule is CCOC(C)Cn1nnnc1-c1cccc(N)c1Cl. The number of nitrogens with zero attached hydrogens (tertiary/aromatic N) is 4. The second-order valence-electron chi connectivity index (χ2n) is 4.16. The van der Waals surface area contributed by atoms with Crippen molar-refractivity contribution < 1.29 is 4.74 Å². The zero-order chi connectivity index (χ0) is 13.8. The maximum absolute atomic E-state index is 6.19. The minimum atomic E-state index is 0.0204. The number of halogens is 1. The van der Waals surface area contributed by atoms with Crippen molar-refractivity contribution in [3.63, 3.8) is 0 Å². The Morgan fingerprint density at radius 3 is 3.00 bits per heavy atom. The molecule has 19 heavy (non-hydrogen) atoms. The Balaban J connectivity index is 2.31. The molecule has 1 unspecified atom stereocenters. The fraction of sp³-hybridized carbons (Fsp3) is 0.417. The summed E-state index contributed by atoms with van der Waals surface area (Å²) in [6.45, 7) is 5.13. The molecule has 1 heterocycles. The van der Waals surface area contributed by atoms with E-state index < -0.39 is 0 Å². The number of benzene rings is 1. The lowest BCUT2D eigenvalue weighted by atomic mass is 10.2. The first-order valence-corrected chi connectivity index (χ1v) is 6.43. The molecule has 0 aliphatic rings. The number of hydrogen-bond acceptors (Lipinski definition) is 5. The van der Waals surface area contributed by atoms with E-state index in [-0.39, 0.29) is 6.10 Å². The van der Waals surface area contributed by atoms with Gasteiger partial charge in [0, 0.05) is 12.2 Å². The molecule has 0 radical (unpaired) electrons. The molecule has 1 aromatic carbocycles. The lowest BCUT2D eigenvalue weighted by Crippen LogP contribution is -2.18. The summed E-state index contributed by atoms with van der Waals surface area (Å²) < 4.78 is 7.15. The Morgan fingerprint density at radius 1 is 1.47 bits per heavy atom. The number of rotatable bonds is 5. The van der Waals surface area contributed by atoms with Crippen LogP contribution in [-0.4, -0.2) is 32.9 Å². The van der Waals surface area contributed by atoms with Gasteiger partial charge in [-0.25, -0.2) is 4.68 Å². The van der Waals surface area contributed by atoms with Crippen molar-refractivity contribution in [2.45, 2.75) is 26.5 Å². The molecule has 2 aromatic rings. The minimum Gasteiger partial charge on any atom is -0.398 e. The molecule has 6 nitrogen and oxygen atoms in total. The molecule has 0 saturated carbocycles. The van der Waals surface area contributed by atoms with Crippen LogP contribution < -0.4 is 5.73 Å². The number of nitrogen functional groups attached to an aromatic ring is 1. The summed E-state index contributed by atoms with van der Waals surface area (Å²) in [4.78, 5) is 0. The van der Waals surface area contributed by atoms with Crippen molar-refractivity contribution in [1.82, 2.24) is 20.2 Å². The van der Waals surface area contributed by atoms with Crippen molar-refractivity contribution in [1.29, 1.82) is 0 Å². The number of nitrogens with two attached hydrogens (primary N) is 1. The van der Waals surface area contributed by atoms with Crippen molar-refractivity contribution in [3.05, 3.63) is 23.2 Å². The third kappa shape index (κ3) is 3.02. The molecule has 0 spiro atoms. The Kier molecular flexibility index (Phi) is 4.34. The molecule has 7 heteroatoms. The summed E-state index contributed by atoms with van der Waals surface area (Å²) in [5.74, 6) is 0.587. The van der Waals surface area contributed by atoms with Gasteiger partial charge in [-0.1, -0.05) is 17.7 Å². The molecular formula is C12H16ClN5O. The van der Waals surface area contributed by atoms with Crippen LogP contribution in [0.15, 0.2) is 18.2 Å². The Hall–Kier alpha value is -1.66. The van der Waals surface area contributed by atoms with E-state index >= 15 is 0 Å². The zero-order valence-corrected chi connectivity index (χ0v) is 11.6. The predicted molar refractivity (Wildman–Crippen MR) is 73.8 cm³/mol. The summed E-state index contributed by atoms with van der Waals surface area (Å²) >= 11 is 6.19. The largest absolute Gasteiger partial charge is 0.398 e. The van der Waals surface area contributed by atoms with E-state index in [9.17, 15) is 0 Å². The van der Waals surface area contributed by atoms with E-state index in [2.05, 4.69) is 15.5 Å². The number of aromatic nitrogens is 4. The van der Waals surface area contributed by atoms with Gasteiger partial charge in [0.25, 0.3) is 0 Å². The van der Waals surface area contributed by atoms with Crippen LogP contribution in [0.2, 0.25) is 5.02 Å².